The smallest absolute Gasteiger partial charge is 0.239 e. The molecule has 0 saturated carbocycles. The second kappa shape index (κ2) is 8.46. The molecule has 26 heavy (non-hydrogen) atoms. The van der Waals surface area contributed by atoms with E-state index in [-0.39, 0.29) is 11.7 Å². The van der Waals surface area contributed by atoms with E-state index in [2.05, 4.69) is 26.1 Å². The fourth-order valence-corrected chi connectivity index (χ4v) is 3.56. The van der Waals surface area contributed by atoms with Crippen LogP contribution in [0.25, 0.3) is 0 Å². The standard InChI is InChI=1S/C18H15BrFN3O2S/c1-25-16-7-4-14(19)8-13(16)9-21-22-18-23(17(24)11-26-18)10-12-2-5-15(20)6-3-12/h2-9H,10-11H2,1H3/b21-9-,22-18-. The van der Waals surface area contributed by atoms with Gasteiger partial charge in [-0.25, -0.2) is 4.39 Å². The van der Waals surface area contributed by atoms with E-state index >= 15 is 0 Å². The lowest BCUT2D eigenvalue weighted by Gasteiger charge is -2.15. The number of carbonyl (C=O) groups is 1. The Hall–Kier alpha value is -2.19. The summed E-state index contributed by atoms with van der Waals surface area (Å²) in [6.45, 7) is 0.334. The van der Waals surface area contributed by atoms with Gasteiger partial charge in [0, 0.05) is 10.0 Å². The van der Waals surface area contributed by atoms with Crippen molar-refractivity contribution in [1.29, 1.82) is 0 Å². The third kappa shape index (κ3) is 4.50. The van der Waals surface area contributed by atoms with E-state index in [4.69, 9.17) is 4.74 Å². The number of benzene rings is 2. The molecule has 0 N–H and O–H groups in total. The minimum absolute atomic E-state index is 0.0479. The summed E-state index contributed by atoms with van der Waals surface area (Å²) < 4.78 is 19.2. The molecular weight excluding hydrogens is 421 g/mol. The van der Waals surface area contributed by atoms with Crippen LogP contribution in [0.5, 0.6) is 5.75 Å². The lowest BCUT2D eigenvalue weighted by Crippen LogP contribution is -2.28. The summed E-state index contributed by atoms with van der Waals surface area (Å²) in [7, 11) is 1.59. The lowest BCUT2D eigenvalue weighted by molar-refractivity contribution is -0.124. The molecule has 2 aromatic rings. The Kier molecular flexibility index (Phi) is 6.05. The molecule has 1 saturated heterocycles. The molecule has 0 bridgehead atoms. The molecule has 1 aliphatic heterocycles. The Labute approximate surface area is 163 Å². The van der Waals surface area contributed by atoms with Gasteiger partial charge in [0.05, 0.1) is 25.6 Å². The zero-order valence-electron chi connectivity index (χ0n) is 13.9. The number of hydrogen-bond donors (Lipinski definition) is 0. The van der Waals surface area contributed by atoms with Crippen LogP contribution in [0.1, 0.15) is 11.1 Å². The second-order valence-electron chi connectivity index (χ2n) is 5.41. The van der Waals surface area contributed by atoms with Crippen LogP contribution in [0.2, 0.25) is 0 Å². The first-order chi connectivity index (χ1) is 12.6. The van der Waals surface area contributed by atoms with Crippen LogP contribution >= 0.6 is 27.7 Å². The van der Waals surface area contributed by atoms with Gasteiger partial charge in [-0.3, -0.25) is 9.69 Å². The average molecular weight is 436 g/mol. The van der Waals surface area contributed by atoms with Crippen molar-refractivity contribution in [2.45, 2.75) is 6.54 Å². The number of ether oxygens (including phenoxy) is 1. The lowest BCUT2D eigenvalue weighted by atomic mass is 10.2. The Morgan fingerprint density at radius 1 is 1.31 bits per heavy atom. The van der Waals surface area contributed by atoms with Gasteiger partial charge >= 0.3 is 0 Å². The Bertz CT molecular complexity index is 871. The summed E-state index contributed by atoms with van der Waals surface area (Å²) in [6.07, 6.45) is 1.58. The molecule has 8 heteroatoms. The molecule has 1 amide bonds. The van der Waals surface area contributed by atoms with Crippen LogP contribution in [0.15, 0.2) is 57.1 Å². The van der Waals surface area contributed by atoms with E-state index < -0.39 is 0 Å². The number of carbonyl (C=O) groups excluding carboxylic acids is 1. The number of amides is 1. The van der Waals surface area contributed by atoms with Crippen LogP contribution < -0.4 is 4.74 Å². The van der Waals surface area contributed by atoms with Gasteiger partial charge in [0.2, 0.25) is 5.91 Å². The van der Waals surface area contributed by atoms with Crippen LogP contribution in [0.4, 0.5) is 4.39 Å². The summed E-state index contributed by atoms with van der Waals surface area (Å²) in [5, 5.41) is 8.80. The van der Waals surface area contributed by atoms with E-state index in [1.165, 1.54) is 23.9 Å². The Morgan fingerprint density at radius 2 is 2.08 bits per heavy atom. The highest BCUT2D eigenvalue weighted by atomic mass is 79.9. The van der Waals surface area contributed by atoms with E-state index in [1.54, 1.807) is 30.4 Å². The molecule has 0 aliphatic carbocycles. The van der Waals surface area contributed by atoms with E-state index in [1.807, 2.05) is 18.2 Å². The highest BCUT2D eigenvalue weighted by Crippen LogP contribution is 2.23. The first-order valence-corrected chi connectivity index (χ1v) is 9.47. The molecule has 0 spiro atoms. The molecule has 0 atom stereocenters. The maximum atomic E-state index is 13.0. The van der Waals surface area contributed by atoms with Crippen molar-refractivity contribution in [3.63, 3.8) is 0 Å². The predicted molar refractivity (Wildman–Crippen MR) is 105 cm³/mol. The number of amidine groups is 1. The van der Waals surface area contributed by atoms with Crippen molar-refractivity contribution in [3.05, 3.63) is 63.9 Å². The number of nitrogens with zero attached hydrogens (tertiary/aromatic N) is 3. The zero-order chi connectivity index (χ0) is 18.5. The average Bonchev–Trinajstić information content (AvgIpc) is 2.97. The minimum Gasteiger partial charge on any atom is -0.496 e. The maximum Gasteiger partial charge on any atom is 0.239 e. The van der Waals surface area contributed by atoms with Gasteiger partial charge in [-0.05, 0) is 35.9 Å². The third-order valence-electron chi connectivity index (χ3n) is 3.64. The number of thioether (sulfide) groups is 1. The summed E-state index contributed by atoms with van der Waals surface area (Å²) in [5.41, 5.74) is 1.60. The molecule has 1 aliphatic rings. The number of halogens is 2. The van der Waals surface area contributed by atoms with Crippen molar-refractivity contribution in [1.82, 2.24) is 4.90 Å². The molecule has 1 heterocycles. The zero-order valence-corrected chi connectivity index (χ0v) is 16.3. The quantitative estimate of drug-likeness (QED) is 0.525. The first-order valence-electron chi connectivity index (χ1n) is 7.69. The predicted octanol–water partition coefficient (Wildman–Crippen LogP) is 4.06. The van der Waals surface area contributed by atoms with Gasteiger partial charge in [0.15, 0.2) is 5.17 Å². The monoisotopic (exact) mass is 435 g/mol. The van der Waals surface area contributed by atoms with Crippen molar-refractivity contribution >= 4 is 45.0 Å². The third-order valence-corrected chi connectivity index (χ3v) is 5.09. The van der Waals surface area contributed by atoms with Crippen molar-refractivity contribution in [2.75, 3.05) is 12.9 Å². The topological polar surface area (TPSA) is 54.3 Å². The Morgan fingerprint density at radius 3 is 2.81 bits per heavy atom. The van der Waals surface area contributed by atoms with Gasteiger partial charge in [0.25, 0.3) is 0 Å². The summed E-state index contributed by atoms with van der Waals surface area (Å²) in [4.78, 5) is 13.7. The Balaban J connectivity index is 1.77. The van der Waals surface area contributed by atoms with Gasteiger partial charge in [-0.15, -0.1) is 5.10 Å². The fourth-order valence-electron chi connectivity index (χ4n) is 2.35. The fraction of sp³-hybridized carbons (Fsp3) is 0.167. The SMILES string of the molecule is COc1ccc(Br)cc1/C=N\N=C1/SCC(=O)N1Cc1ccc(F)cc1. The normalized spacial score (nSPS) is 16.0. The maximum absolute atomic E-state index is 13.0. The number of rotatable bonds is 5. The minimum atomic E-state index is -0.308. The number of hydrogen-bond acceptors (Lipinski definition) is 5. The second-order valence-corrected chi connectivity index (χ2v) is 7.27. The van der Waals surface area contributed by atoms with Crippen molar-refractivity contribution in [3.8, 4) is 5.75 Å². The van der Waals surface area contributed by atoms with Crippen LogP contribution in [0.3, 0.4) is 0 Å². The van der Waals surface area contributed by atoms with Gasteiger partial charge in [0.1, 0.15) is 11.6 Å². The van der Waals surface area contributed by atoms with Gasteiger partial charge < -0.3 is 4.74 Å². The summed E-state index contributed by atoms with van der Waals surface area (Å²) in [5.74, 6) is 0.636. The molecular formula is C18H15BrFN3O2S. The molecule has 134 valence electrons. The van der Waals surface area contributed by atoms with E-state index in [0.29, 0.717) is 23.2 Å². The molecule has 3 rings (SSSR count). The molecule has 2 aromatic carbocycles. The highest BCUT2D eigenvalue weighted by molar-refractivity contribution is 9.10. The molecule has 1 fully saturated rings. The molecule has 0 aromatic heterocycles. The van der Waals surface area contributed by atoms with Crippen molar-refractivity contribution < 1.29 is 13.9 Å². The summed E-state index contributed by atoms with van der Waals surface area (Å²) in [6, 6.07) is 11.6. The van der Waals surface area contributed by atoms with E-state index in [9.17, 15) is 9.18 Å². The highest BCUT2D eigenvalue weighted by Gasteiger charge is 2.28. The summed E-state index contributed by atoms with van der Waals surface area (Å²) >= 11 is 4.73. The largest absolute Gasteiger partial charge is 0.496 e. The van der Waals surface area contributed by atoms with Crippen molar-refractivity contribution in [2.24, 2.45) is 10.2 Å². The van der Waals surface area contributed by atoms with Crippen LogP contribution in [0, 0.1) is 5.82 Å². The molecule has 0 radical (unpaired) electrons. The van der Waals surface area contributed by atoms with E-state index in [0.717, 1.165) is 15.6 Å². The van der Waals surface area contributed by atoms with Gasteiger partial charge in [-0.2, -0.15) is 5.10 Å². The first kappa shape index (κ1) is 18.6. The molecule has 5 nitrogen and oxygen atoms in total. The number of methoxy groups -OCH3 is 1. The van der Waals surface area contributed by atoms with Gasteiger partial charge in [-0.1, -0.05) is 39.8 Å². The van der Waals surface area contributed by atoms with Crippen LogP contribution in [-0.4, -0.2) is 35.1 Å². The molecule has 0 unspecified atom stereocenters. The van der Waals surface area contributed by atoms with Crippen LogP contribution in [-0.2, 0) is 11.3 Å².